The van der Waals surface area contributed by atoms with E-state index in [0.717, 1.165) is 53.3 Å². The van der Waals surface area contributed by atoms with Crippen molar-refractivity contribution in [2.75, 3.05) is 24.6 Å². The monoisotopic (exact) mass is 514 g/mol. The molecule has 4 N–H and O–H groups in total. The maximum absolute atomic E-state index is 12.6. The summed E-state index contributed by atoms with van der Waals surface area (Å²) < 4.78 is 6.32. The molecule has 0 spiro atoms. The first-order chi connectivity index (χ1) is 18.0. The van der Waals surface area contributed by atoms with E-state index in [-0.39, 0.29) is 11.5 Å². The Balaban J connectivity index is 1.55. The van der Waals surface area contributed by atoms with Gasteiger partial charge >= 0.3 is 5.97 Å². The molecule has 1 aliphatic heterocycles. The van der Waals surface area contributed by atoms with Crippen molar-refractivity contribution in [2.24, 2.45) is 5.41 Å². The molecule has 1 unspecified atom stereocenters. The number of pyridine rings is 1. The molecule has 1 saturated carbocycles. The first kappa shape index (κ1) is 26.0. The van der Waals surface area contributed by atoms with E-state index in [2.05, 4.69) is 54.2 Å². The Morgan fingerprint density at radius 1 is 1.21 bits per heavy atom. The van der Waals surface area contributed by atoms with Gasteiger partial charge in [-0.25, -0.2) is 0 Å². The van der Waals surface area contributed by atoms with Gasteiger partial charge in [0.2, 0.25) is 0 Å². The number of aromatic nitrogens is 1. The fraction of sp³-hybridized carbons (Fsp3) is 0.419. The molecular weight excluding hydrogens is 476 g/mol. The third kappa shape index (κ3) is 4.71. The number of aryl methyl sites for hydroxylation is 1. The van der Waals surface area contributed by atoms with Crippen molar-refractivity contribution >= 4 is 17.3 Å². The number of fused-ring (bicyclic) bond motifs is 1. The van der Waals surface area contributed by atoms with E-state index in [9.17, 15) is 9.90 Å². The fourth-order valence-electron chi connectivity index (χ4n) is 6.03. The average Bonchev–Trinajstić information content (AvgIpc) is 3.67. The first-order valence-electron chi connectivity index (χ1n) is 13.3. The second-order valence-corrected chi connectivity index (χ2v) is 11.6. The highest BCUT2D eigenvalue weighted by Gasteiger charge is 2.57. The lowest BCUT2D eigenvalue weighted by molar-refractivity contribution is -0.143. The standard InChI is InChI=1S/C31H38N4O3/c1-19-6-7-21(14-22(19)16-35-17-23-15-34-13-10-26(23)38-30(3,4)18-35)27(31(11-12-31)29(36)37)24-8-9-25(33-5)28(32)20(24)2/h6-10,13-15,27,33H,11-12,16-18,32H2,1-5H3,(H,36,37). The van der Waals surface area contributed by atoms with Crippen molar-refractivity contribution in [3.8, 4) is 5.75 Å². The molecule has 3 aromatic rings. The van der Waals surface area contributed by atoms with Crippen LogP contribution in [-0.2, 0) is 17.9 Å². The lowest BCUT2D eigenvalue weighted by Crippen LogP contribution is -2.40. The number of rotatable bonds is 7. The minimum atomic E-state index is -0.812. The molecule has 0 radical (unpaired) electrons. The van der Waals surface area contributed by atoms with Crippen molar-refractivity contribution in [1.29, 1.82) is 0 Å². The van der Waals surface area contributed by atoms with E-state index in [0.29, 0.717) is 18.5 Å². The second-order valence-electron chi connectivity index (χ2n) is 11.6. The van der Waals surface area contributed by atoms with Crippen molar-refractivity contribution in [2.45, 2.75) is 65.1 Å². The van der Waals surface area contributed by atoms with Gasteiger partial charge in [-0.15, -0.1) is 0 Å². The fourth-order valence-corrected chi connectivity index (χ4v) is 6.03. The van der Waals surface area contributed by atoms with Gasteiger partial charge < -0.3 is 20.9 Å². The molecule has 0 bridgehead atoms. The van der Waals surface area contributed by atoms with Crippen LogP contribution in [0.15, 0.2) is 48.8 Å². The van der Waals surface area contributed by atoms with Gasteiger partial charge in [-0.05, 0) is 80.5 Å². The van der Waals surface area contributed by atoms with Gasteiger partial charge in [-0.3, -0.25) is 14.7 Å². The molecule has 1 aliphatic carbocycles. The Labute approximate surface area is 225 Å². The van der Waals surface area contributed by atoms with E-state index in [4.69, 9.17) is 10.5 Å². The Bertz CT molecular complexity index is 1380. The zero-order chi connectivity index (χ0) is 27.2. The summed E-state index contributed by atoms with van der Waals surface area (Å²) in [6.45, 7) is 10.6. The Hall–Kier alpha value is -3.58. The molecule has 2 aliphatic rings. The summed E-state index contributed by atoms with van der Waals surface area (Å²) in [6.07, 6.45) is 4.97. The van der Waals surface area contributed by atoms with Crippen LogP contribution in [0, 0.1) is 19.3 Å². The number of nitrogens with one attached hydrogen (secondary N) is 1. The van der Waals surface area contributed by atoms with Crippen LogP contribution in [0.5, 0.6) is 5.75 Å². The third-order valence-electron chi connectivity index (χ3n) is 8.25. The van der Waals surface area contributed by atoms with Gasteiger partial charge in [0, 0.05) is 50.6 Å². The lowest BCUT2D eigenvalue weighted by Gasteiger charge is -2.31. The van der Waals surface area contributed by atoms with Gasteiger partial charge in [-0.2, -0.15) is 0 Å². The van der Waals surface area contributed by atoms with Crippen molar-refractivity contribution in [1.82, 2.24) is 9.88 Å². The molecule has 38 heavy (non-hydrogen) atoms. The predicted octanol–water partition coefficient (Wildman–Crippen LogP) is 5.49. The van der Waals surface area contributed by atoms with Gasteiger partial charge in [0.05, 0.1) is 16.8 Å². The van der Waals surface area contributed by atoms with E-state index >= 15 is 0 Å². The van der Waals surface area contributed by atoms with Crippen LogP contribution in [0.25, 0.3) is 0 Å². The topological polar surface area (TPSA) is 101 Å². The number of carboxylic acids is 1. The van der Waals surface area contributed by atoms with Gasteiger partial charge in [0.15, 0.2) is 0 Å². The molecular formula is C31H38N4O3. The highest BCUT2D eigenvalue weighted by atomic mass is 16.5. The second kappa shape index (κ2) is 9.62. The minimum Gasteiger partial charge on any atom is -0.486 e. The molecule has 7 heteroatoms. The van der Waals surface area contributed by atoms with Crippen LogP contribution >= 0.6 is 0 Å². The van der Waals surface area contributed by atoms with Crippen molar-refractivity contribution < 1.29 is 14.6 Å². The summed E-state index contributed by atoms with van der Waals surface area (Å²) in [5.41, 5.74) is 13.2. The number of benzene rings is 2. The van der Waals surface area contributed by atoms with E-state index in [1.807, 2.05) is 38.4 Å². The lowest BCUT2D eigenvalue weighted by atomic mass is 9.75. The largest absolute Gasteiger partial charge is 0.486 e. The summed E-state index contributed by atoms with van der Waals surface area (Å²) in [5, 5.41) is 13.5. The number of nitrogen functional groups attached to an aromatic ring is 1. The molecule has 7 nitrogen and oxygen atoms in total. The van der Waals surface area contributed by atoms with Crippen molar-refractivity contribution in [3.05, 3.63) is 82.2 Å². The molecule has 200 valence electrons. The van der Waals surface area contributed by atoms with Gasteiger partial charge in [-0.1, -0.05) is 24.3 Å². The van der Waals surface area contributed by atoms with Crippen LogP contribution in [0.1, 0.15) is 66.0 Å². The van der Waals surface area contributed by atoms with Crippen LogP contribution in [0.2, 0.25) is 0 Å². The van der Waals surface area contributed by atoms with Crippen LogP contribution in [0.3, 0.4) is 0 Å². The molecule has 1 fully saturated rings. The third-order valence-corrected chi connectivity index (χ3v) is 8.25. The number of nitrogens with zero attached hydrogens (tertiary/aromatic N) is 2. The number of ether oxygens (including phenoxy) is 1. The first-order valence-corrected chi connectivity index (χ1v) is 13.3. The number of nitrogens with two attached hydrogens (primary N) is 1. The zero-order valence-electron chi connectivity index (χ0n) is 23.0. The van der Waals surface area contributed by atoms with E-state index < -0.39 is 11.4 Å². The maximum Gasteiger partial charge on any atom is 0.310 e. The molecule has 0 saturated heterocycles. The molecule has 2 heterocycles. The quantitative estimate of drug-likeness (QED) is 0.358. The molecule has 1 aromatic heterocycles. The Kier molecular flexibility index (Phi) is 6.59. The molecule has 2 aromatic carbocycles. The highest BCUT2D eigenvalue weighted by Crippen LogP contribution is 2.59. The van der Waals surface area contributed by atoms with Crippen LogP contribution in [-0.4, -0.2) is 40.2 Å². The maximum atomic E-state index is 12.6. The van der Waals surface area contributed by atoms with E-state index in [1.165, 1.54) is 11.1 Å². The number of anilines is 2. The summed E-state index contributed by atoms with van der Waals surface area (Å²) >= 11 is 0. The molecule has 1 atom stereocenters. The normalized spacial score (nSPS) is 18.6. The number of hydrogen-bond acceptors (Lipinski definition) is 6. The SMILES string of the molecule is CNc1ccc(C(c2ccc(C)c(CN3Cc4cnccc4OC(C)(C)C3)c2)C2(C(=O)O)CC2)c(C)c1N. The van der Waals surface area contributed by atoms with Crippen LogP contribution in [0.4, 0.5) is 11.4 Å². The molecule has 5 rings (SSSR count). The molecule has 0 amide bonds. The zero-order valence-corrected chi connectivity index (χ0v) is 23.0. The van der Waals surface area contributed by atoms with E-state index in [1.54, 1.807) is 6.20 Å². The number of carbonyl (C=O) groups is 1. The number of aliphatic carboxylic acids is 1. The van der Waals surface area contributed by atoms with Gasteiger partial charge in [0.1, 0.15) is 11.4 Å². The summed E-state index contributed by atoms with van der Waals surface area (Å²) in [6, 6.07) is 12.4. The summed E-state index contributed by atoms with van der Waals surface area (Å²) in [4.78, 5) is 19.3. The predicted molar refractivity (Wildman–Crippen MR) is 151 cm³/mol. The smallest absolute Gasteiger partial charge is 0.310 e. The summed E-state index contributed by atoms with van der Waals surface area (Å²) in [5.74, 6) is -0.134. The Morgan fingerprint density at radius 3 is 2.66 bits per heavy atom. The number of hydrogen-bond donors (Lipinski definition) is 3. The minimum absolute atomic E-state index is 0.276. The average molecular weight is 515 g/mol. The highest BCUT2D eigenvalue weighted by molar-refractivity contribution is 5.81. The van der Waals surface area contributed by atoms with Gasteiger partial charge in [0.25, 0.3) is 0 Å². The van der Waals surface area contributed by atoms with Crippen molar-refractivity contribution in [3.63, 3.8) is 0 Å². The Morgan fingerprint density at radius 2 is 1.97 bits per heavy atom. The van der Waals surface area contributed by atoms with Crippen LogP contribution < -0.4 is 15.8 Å². The number of carboxylic acid groups (broad SMARTS) is 1. The summed E-state index contributed by atoms with van der Waals surface area (Å²) in [7, 11) is 1.85.